The molecule has 0 saturated heterocycles. The van der Waals surface area contributed by atoms with E-state index in [2.05, 4.69) is 0 Å². The van der Waals surface area contributed by atoms with Gasteiger partial charge >= 0.3 is 12.1 Å². The van der Waals surface area contributed by atoms with Gasteiger partial charge in [-0.3, -0.25) is 4.79 Å². The van der Waals surface area contributed by atoms with Gasteiger partial charge in [0.2, 0.25) is 11.3 Å². The average Bonchev–Trinajstić information content (AvgIpc) is 2.50. The van der Waals surface area contributed by atoms with Crippen LogP contribution in [0.5, 0.6) is 0 Å². The molecule has 0 radical (unpaired) electrons. The van der Waals surface area contributed by atoms with Gasteiger partial charge in [0.05, 0.1) is 0 Å². The zero-order chi connectivity index (χ0) is 18.6. The zero-order valence-corrected chi connectivity index (χ0v) is 12.7. The fraction of sp³-hybridized carbons (Fsp3) is 0.500. The van der Waals surface area contributed by atoms with Gasteiger partial charge in [-0.25, -0.2) is 13.2 Å². The van der Waals surface area contributed by atoms with E-state index in [9.17, 15) is 39.9 Å². The van der Waals surface area contributed by atoms with Crippen molar-refractivity contribution in [2.75, 3.05) is 5.75 Å². The highest BCUT2D eigenvalue weighted by Crippen LogP contribution is 2.46. The Balaban J connectivity index is 2.52. The van der Waals surface area contributed by atoms with Gasteiger partial charge in [-0.2, -0.15) is 22.0 Å². The van der Waals surface area contributed by atoms with Crippen molar-refractivity contribution in [1.29, 1.82) is 0 Å². The molecule has 24 heavy (non-hydrogen) atoms. The van der Waals surface area contributed by atoms with Gasteiger partial charge in [0, 0.05) is 17.7 Å². The molecule has 10 heteroatoms. The number of hydrogen-bond acceptors (Lipinski definition) is 2. The molecule has 0 aromatic heterocycles. The van der Waals surface area contributed by atoms with Crippen molar-refractivity contribution in [3.8, 4) is 0 Å². The molecule has 1 rings (SSSR count). The van der Waals surface area contributed by atoms with E-state index in [4.69, 9.17) is 0 Å². The van der Waals surface area contributed by atoms with Crippen molar-refractivity contribution in [1.82, 2.24) is 0 Å². The van der Waals surface area contributed by atoms with Gasteiger partial charge in [0.15, 0.2) is 0 Å². The molecule has 1 nitrogen and oxygen atoms in total. The summed E-state index contributed by atoms with van der Waals surface area (Å²) < 4.78 is 101. The highest BCUT2D eigenvalue weighted by Gasteiger charge is 2.69. The van der Waals surface area contributed by atoms with Crippen LogP contribution in [-0.4, -0.2) is 35.1 Å². The predicted molar refractivity (Wildman–Crippen MR) is 73.3 cm³/mol. The summed E-state index contributed by atoms with van der Waals surface area (Å²) in [6.45, 7) is 0. The molecule has 0 spiro atoms. The standard InChI is InChI=1S/C14H12F8OS/c15-11(13(18,19)14(20,21)22)12(16,17)7-4-8-24-10(23)9-5-2-1-3-6-9/h1-3,5-6,11H,4,7-8H2. The van der Waals surface area contributed by atoms with E-state index in [0.29, 0.717) is 11.8 Å². The SMILES string of the molecule is O=C(SCCCC(F)(F)C(F)C(F)(F)C(F)(F)F)c1ccccc1. The van der Waals surface area contributed by atoms with Crippen molar-refractivity contribution in [3.63, 3.8) is 0 Å². The van der Waals surface area contributed by atoms with E-state index in [0.717, 1.165) is 0 Å². The molecule has 0 bridgehead atoms. The minimum absolute atomic E-state index is 0.270. The minimum Gasteiger partial charge on any atom is -0.282 e. The maximum atomic E-state index is 13.2. The van der Waals surface area contributed by atoms with E-state index >= 15 is 0 Å². The van der Waals surface area contributed by atoms with Crippen LogP contribution in [0.15, 0.2) is 30.3 Å². The molecular formula is C14H12F8OS. The van der Waals surface area contributed by atoms with Gasteiger partial charge in [0.1, 0.15) is 0 Å². The minimum atomic E-state index is -6.41. The normalized spacial score (nSPS) is 14.5. The van der Waals surface area contributed by atoms with E-state index in [-0.39, 0.29) is 11.3 Å². The number of rotatable bonds is 7. The van der Waals surface area contributed by atoms with Crippen LogP contribution in [0.2, 0.25) is 0 Å². The number of halogens is 8. The molecule has 0 amide bonds. The molecule has 1 aromatic carbocycles. The zero-order valence-electron chi connectivity index (χ0n) is 11.9. The van der Waals surface area contributed by atoms with Crippen molar-refractivity contribution in [3.05, 3.63) is 35.9 Å². The number of carbonyl (C=O) groups is 1. The Morgan fingerprint density at radius 1 is 1.00 bits per heavy atom. The fourth-order valence-electron chi connectivity index (χ4n) is 1.67. The van der Waals surface area contributed by atoms with Crippen molar-refractivity contribution >= 4 is 16.9 Å². The maximum Gasteiger partial charge on any atom is 0.456 e. The monoisotopic (exact) mass is 380 g/mol. The van der Waals surface area contributed by atoms with E-state index < -0.39 is 42.1 Å². The van der Waals surface area contributed by atoms with E-state index in [1.165, 1.54) is 12.1 Å². The first-order chi connectivity index (χ1) is 10.9. The first-order valence-corrected chi connectivity index (χ1v) is 7.57. The lowest BCUT2D eigenvalue weighted by Gasteiger charge is -2.28. The van der Waals surface area contributed by atoms with E-state index in [1.54, 1.807) is 18.2 Å². The van der Waals surface area contributed by atoms with Gasteiger partial charge in [-0.15, -0.1) is 0 Å². The van der Waals surface area contributed by atoms with Crippen LogP contribution in [0.1, 0.15) is 23.2 Å². The quantitative estimate of drug-likeness (QED) is 0.458. The van der Waals surface area contributed by atoms with Crippen LogP contribution in [0.4, 0.5) is 35.1 Å². The average molecular weight is 380 g/mol. The molecule has 0 aliphatic heterocycles. The van der Waals surface area contributed by atoms with Gasteiger partial charge in [-0.1, -0.05) is 42.1 Å². The lowest BCUT2D eigenvalue weighted by Crippen LogP contribution is -2.53. The Morgan fingerprint density at radius 3 is 2.04 bits per heavy atom. The predicted octanol–water partition coefficient (Wildman–Crippen LogP) is 5.51. The summed E-state index contributed by atoms with van der Waals surface area (Å²) in [6.07, 6.45) is -13.2. The summed E-state index contributed by atoms with van der Waals surface area (Å²) in [5, 5.41) is -0.476. The van der Waals surface area contributed by atoms with Crippen LogP contribution >= 0.6 is 11.8 Å². The topological polar surface area (TPSA) is 17.1 Å². The summed E-state index contributed by atoms with van der Waals surface area (Å²) in [5.41, 5.74) is 0.279. The second kappa shape index (κ2) is 7.71. The number of thioether (sulfide) groups is 1. The summed E-state index contributed by atoms with van der Waals surface area (Å²) in [7, 11) is 0. The highest BCUT2D eigenvalue weighted by atomic mass is 32.2. The lowest BCUT2D eigenvalue weighted by atomic mass is 10.0. The summed E-state index contributed by atoms with van der Waals surface area (Å²) in [5.74, 6) is -11.3. The highest BCUT2D eigenvalue weighted by molar-refractivity contribution is 8.14. The first-order valence-electron chi connectivity index (χ1n) is 6.58. The Bertz CT molecular complexity index is 543. The smallest absolute Gasteiger partial charge is 0.282 e. The van der Waals surface area contributed by atoms with E-state index in [1.807, 2.05) is 0 Å². The van der Waals surface area contributed by atoms with Crippen LogP contribution in [0, 0.1) is 0 Å². The second-order valence-corrected chi connectivity index (χ2v) is 5.92. The molecule has 1 aromatic rings. The summed E-state index contributed by atoms with van der Waals surface area (Å²) in [6, 6.07) is 7.70. The van der Waals surface area contributed by atoms with Crippen LogP contribution in [0.3, 0.4) is 0 Å². The Hall–Kier alpha value is -1.32. The Labute approximate surface area is 136 Å². The summed E-state index contributed by atoms with van der Waals surface area (Å²) in [4.78, 5) is 11.6. The number of hydrogen-bond donors (Lipinski definition) is 0. The molecule has 0 heterocycles. The Kier molecular flexibility index (Phi) is 6.66. The third-order valence-electron chi connectivity index (χ3n) is 2.96. The number of benzene rings is 1. The van der Waals surface area contributed by atoms with Gasteiger partial charge < -0.3 is 0 Å². The molecule has 136 valence electrons. The maximum absolute atomic E-state index is 13.2. The van der Waals surface area contributed by atoms with Crippen molar-refractivity contribution in [2.45, 2.75) is 37.0 Å². The largest absolute Gasteiger partial charge is 0.456 e. The molecule has 1 unspecified atom stereocenters. The van der Waals surface area contributed by atoms with Crippen LogP contribution in [-0.2, 0) is 0 Å². The lowest BCUT2D eigenvalue weighted by molar-refractivity contribution is -0.327. The third-order valence-corrected chi connectivity index (χ3v) is 3.95. The Morgan fingerprint density at radius 2 is 1.54 bits per heavy atom. The van der Waals surface area contributed by atoms with Gasteiger partial charge in [0.25, 0.3) is 5.92 Å². The molecule has 1 atom stereocenters. The van der Waals surface area contributed by atoms with Gasteiger partial charge in [-0.05, 0) is 6.42 Å². The molecule has 0 aliphatic carbocycles. The first kappa shape index (κ1) is 20.7. The van der Waals surface area contributed by atoms with Crippen LogP contribution in [0.25, 0.3) is 0 Å². The summed E-state index contributed by atoms with van der Waals surface area (Å²) >= 11 is 0.591. The number of carbonyl (C=O) groups excluding carboxylic acids is 1. The third kappa shape index (κ3) is 5.09. The van der Waals surface area contributed by atoms with Crippen molar-refractivity contribution in [2.24, 2.45) is 0 Å². The molecule has 0 saturated carbocycles. The van der Waals surface area contributed by atoms with Crippen LogP contribution < -0.4 is 0 Å². The molecule has 0 aliphatic rings. The fourth-order valence-corrected chi connectivity index (χ4v) is 2.44. The molecular weight excluding hydrogens is 368 g/mol. The molecule has 0 N–H and O–H groups in total. The second-order valence-electron chi connectivity index (χ2n) is 4.85. The van der Waals surface area contributed by atoms with Crippen molar-refractivity contribution < 1.29 is 39.9 Å². The number of alkyl halides is 8. The molecule has 0 fully saturated rings.